The first kappa shape index (κ1) is 15.3. The van der Waals surface area contributed by atoms with Crippen molar-refractivity contribution in [1.82, 2.24) is 4.90 Å². The number of carbonyl (C=O) groups excluding carboxylic acids is 1. The molecule has 1 N–H and O–H groups in total. The van der Waals surface area contributed by atoms with Crippen LogP contribution in [0, 0.1) is 5.82 Å². The number of carbonyl (C=O) groups is 2. The molecule has 2 unspecified atom stereocenters. The van der Waals surface area contributed by atoms with E-state index >= 15 is 0 Å². The minimum Gasteiger partial charge on any atom is -0.481 e. The number of amides is 1. The van der Waals surface area contributed by atoms with Gasteiger partial charge in [-0.15, -0.1) is 0 Å². The Morgan fingerprint density at radius 2 is 2.19 bits per heavy atom. The fourth-order valence-electron chi connectivity index (χ4n) is 2.55. The summed E-state index contributed by atoms with van der Waals surface area (Å²) >= 11 is 0. The molecular weight excluding hydrogens is 277 g/mol. The summed E-state index contributed by atoms with van der Waals surface area (Å²) < 4.78 is 18.9. The Labute approximate surface area is 122 Å². The number of rotatable bonds is 5. The molecule has 1 aromatic carbocycles. The molecule has 114 valence electrons. The molecule has 0 radical (unpaired) electrons. The van der Waals surface area contributed by atoms with Gasteiger partial charge in [0.2, 0.25) is 0 Å². The zero-order chi connectivity index (χ0) is 15.4. The van der Waals surface area contributed by atoms with Crippen LogP contribution in [0.1, 0.15) is 26.2 Å². The minimum atomic E-state index is -0.928. The maximum Gasteiger partial charge on any atom is 0.305 e. The van der Waals surface area contributed by atoms with Crippen LogP contribution < -0.4 is 4.74 Å². The lowest BCUT2D eigenvalue weighted by molar-refractivity contribution is -0.142. The van der Waals surface area contributed by atoms with Crippen LogP contribution in [0.4, 0.5) is 4.39 Å². The number of hydrogen-bond acceptors (Lipinski definition) is 3. The number of aliphatic carboxylic acids is 1. The van der Waals surface area contributed by atoms with E-state index in [2.05, 4.69) is 0 Å². The lowest BCUT2D eigenvalue weighted by Crippen LogP contribution is -2.44. The maximum absolute atomic E-state index is 13.5. The summed E-state index contributed by atoms with van der Waals surface area (Å²) in [4.78, 5) is 24.7. The fourth-order valence-corrected chi connectivity index (χ4v) is 2.55. The van der Waals surface area contributed by atoms with Gasteiger partial charge in [0.1, 0.15) is 0 Å². The van der Waals surface area contributed by atoms with Crippen molar-refractivity contribution in [2.75, 3.05) is 6.54 Å². The third-order valence-corrected chi connectivity index (χ3v) is 3.56. The van der Waals surface area contributed by atoms with E-state index < -0.39 is 17.9 Å². The van der Waals surface area contributed by atoms with Crippen molar-refractivity contribution in [2.24, 2.45) is 0 Å². The molecule has 1 aliphatic rings. The Balaban J connectivity index is 2.02. The molecule has 6 heteroatoms. The molecule has 0 aromatic heterocycles. The second-order valence-electron chi connectivity index (χ2n) is 5.12. The Morgan fingerprint density at radius 3 is 2.86 bits per heavy atom. The van der Waals surface area contributed by atoms with Crippen LogP contribution in [0.5, 0.6) is 5.75 Å². The fraction of sp³-hybridized carbons (Fsp3) is 0.467. The van der Waals surface area contributed by atoms with Gasteiger partial charge in [0.25, 0.3) is 5.91 Å². The standard InChI is InChI=1S/C15H18FNO4/c1-10(21-13-7-3-2-6-12(13)16)15(20)17-8-4-5-11(17)9-14(18)19/h2-3,6-7,10-11H,4-5,8-9H2,1H3,(H,18,19). The molecule has 0 aliphatic carbocycles. The van der Waals surface area contributed by atoms with Crippen LogP contribution >= 0.6 is 0 Å². The third-order valence-electron chi connectivity index (χ3n) is 3.56. The number of para-hydroxylation sites is 1. The molecule has 1 saturated heterocycles. The largest absolute Gasteiger partial charge is 0.481 e. The summed E-state index contributed by atoms with van der Waals surface area (Å²) in [6.45, 7) is 2.06. The Morgan fingerprint density at radius 1 is 1.48 bits per heavy atom. The van der Waals surface area contributed by atoms with E-state index in [0.29, 0.717) is 13.0 Å². The van der Waals surface area contributed by atoms with Gasteiger partial charge in [0.15, 0.2) is 17.7 Å². The quantitative estimate of drug-likeness (QED) is 0.903. The second-order valence-corrected chi connectivity index (χ2v) is 5.12. The predicted molar refractivity (Wildman–Crippen MR) is 73.5 cm³/mol. The molecule has 2 rings (SSSR count). The van der Waals surface area contributed by atoms with E-state index in [1.807, 2.05) is 0 Å². The van der Waals surface area contributed by atoms with Gasteiger partial charge in [-0.3, -0.25) is 9.59 Å². The van der Waals surface area contributed by atoms with E-state index in [0.717, 1.165) is 6.42 Å². The number of nitrogens with zero attached hydrogens (tertiary/aromatic N) is 1. The molecule has 1 amide bonds. The van der Waals surface area contributed by atoms with Crippen molar-refractivity contribution < 1.29 is 23.8 Å². The molecule has 21 heavy (non-hydrogen) atoms. The van der Waals surface area contributed by atoms with Gasteiger partial charge in [-0.25, -0.2) is 4.39 Å². The number of likely N-dealkylation sites (tertiary alicyclic amines) is 1. The first-order valence-corrected chi connectivity index (χ1v) is 6.92. The highest BCUT2D eigenvalue weighted by Gasteiger charge is 2.33. The van der Waals surface area contributed by atoms with Crippen LogP contribution in [0.25, 0.3) is 0 Å². The van der Waals surface area contributed by atoms with Crippen molar-refractivity contribution in [3.63, 3.8) is 0 Å². The van der Waals surface area contributed by atoms with Gasteiger partial charge in [-0.1, -0.05) is 12.1 Å². The van der Waals surface area contributed by atoms with Crippen molar-refractivity contribution in [3.8, 4) is 5.75 Å². The lowest BCUT2D eigenvalue weighted by Gasteiger charge is -2.26. The van der Waals surface area contributed by atoms with Gasteiger partial charge >= 0.3 is 5.97 Å². The molecule has 1 fully saturated rings. The van der Waals surface area contributed by atoms with E-state index in [9.17, 15) is 14.0 Å². The van der Waals surface area contributed by atoms with Gasteiger partial charge in [-0.2, -0.15) is 0 Å². The molecule has 1 aromatic rings. The van der Waals surface area contributed by atoms with Gasteiger partial charge < -0.3 is 14.7 Å². The summed E-state index contributed by atoms with van der Waals surface area (Å²) in [7, 11) is 0. The van der Waals surface area contributed by atoms with Gasteiger partial charge in [0.05, 0.1) is 6.42 Å². The highest BCUT2D eigenvalue weighted by Crippen LogP contribution is 2.23. The topological polar surface area (TPSA) is 66.8 Å². The van der Waals surface area contributed by atoms with Crippen LogP contribution in [-0.2, 0) is 9.59 Å². The lowest BCUT2D eigenvalue weighted by atomic mass is 10.1. The van der Waals surface area contributed by atoms with Crippen molar-refractivity contribution in [1.29, 1.82) is 0 Å². The predicted octanol–water partition coefficient (Wildman–Crippen LogP) is 2.06. The Hall–Kier alpha value is -2.11. The molecule has 1 heterocycles. The summed E-state index contributed by atoms with van der Waals surface area (Å²) in [5, 5.41) is 8.86. The summed E-state index contributed by atoms with van der Waals surface area (Å²) in [5.74, 6) is -1.74. The molecule has 1 aliphatic heterocycles. The van der Waals surface area contributed by atoms with E-state index in [1.165, 1.54) is 23.1 Å². The summed E-state index contributed by atoms with van der Waals surface area (Å²) in [6.07, 6.45) is 0.523. The SMILES string of the molecule is CC(Oc1ccccc1F)C(=O)N1CCCC1CC(=O)O. The highest BCUT2D eigenvalue weighted by molar-refractivity contribution is 5.82. The average Bonchev–Trinajstić information content (AvgIpc) is 2.87. The van der Waals surface area contributed by atoms with Crippen LogP contribution in [-0.4, -0.2) is 40.6 Å². The van der Waals surface area contributed by atoms with Gasteiger partial charge in [0, 0.05) is 12.6 Å². The normalized spacial score (nSPS) is 19.3. The monoisotopic (exact) mass is 295 g/mol. The van der Waals surface area contributed by atoms with Crippen molar-refractivity contribution in [2.45, 2.75) is 38.3 Å². The number of halogens is 1. The Kier molecular flexibility index (Phi) is 4.77. The molecule has 2 atom stereocenters. The summed E-state index contributed by atoms with van der Waals surface area (Å²) in [6, 6.07) is 5.58. The number of benzene rings is 1. The third kappa shape index (κ3) is 3.71. The molecule has 0 spiro atoms. The number of carboxylic acid groups (broad SMARTS) is 1. The highest BCUT2D eigenvalue weighted by atomic mass is 19.1. The Bertz CT molecular complexity index is 534. The van der Waals surface area contributed by atoms with Crippen LogP contribution in [0.15, 0.2) is 24.3 Å². The zero-order valence-electron chi connectivity index (χ0n) is 11.8. The maximum atomic E-state index is 13.5. The summed E-state index contributed by atoms with van der Waals surface area (Å²) in [5.41, 5.74) is 0. The number of carboxylic acids is 1. The zero-order valence-corrected chi connectivity index (χ0v) is 11.8. The molecule has 0 bridgehead atoms. The second kappa shape index (κ2) is 6.56. The van der Waals surface area contributed by atoms with Gasteiger partial charge in [-0.05, 0) is 31.9 Å². The smallest absolute Gasteiger partial charge is 0.305 e. The molecule has 5 nitrogen and oxygen atoms in total. The number of ether oxygens (including phenoxy) is 1. The van der Waals surface area contributed by atoms with Crippen LogP contribution in [0.3, 0.4) is 0 Å². The molecule has 0 saturated carbocycles. The first-order chi connectivity index (χ1) is 9.99. The molecular formula is C15H18FNO4. The van der Waals surface area contributed by atoms with E-state index in [1.54, 1.807) is 13.0 Å². The van der Waals surface area contributed by atoms with E-state index in [4.69, 9.17) is 9.84 Å². The van der Waals surface area contributed by atoms with E-state index in [-0.39, 0.29) is 24.1 Å². The number of hydrogen-bond donors (Lipinski definition) is 1. The van der Waals surface area contributed by atoms with Crippen molar-refractivity contribution in [3.05, 3.63) is 30.1 Å². The van der Waals surface area contributed by atoms with Crippen LogP contribution in [0.2, 0.25) is 0 Å². The first-order valence-electron chi connectivity index (χ1n) is 6.92. The average molecular weight is 295 g/mol. The minimum absolute atomic E-state index is 0.0207. The van der Waals surface area contributed by atoms with Crippen molar-refractivity contribution >= 4 is 11.9 Å².